The van der Waals surface area contributed by atoms with Gasteiger partial charge in [-0.1, -0.05) is 0 Å². The third-order valence-electron chi connectivity index (χ3n) is 2.00. The van der Waals surface area contributed by atoms with E-state index in [1.54, 1.807) is 11.3 Å². The van der Waals surface area contributed by atoms with Crippen LogP contribution in [0.25, 0.3) is 0 Å². The van der Waals surface area contributed by atoms with Gasteiger partial charge in [-0.15, -0.1) is 11.3 Å². The molecule has 2 heterocycles. The molecule has 0 radical (unpaired) electrons. The predicted molar refractivity (Wildman–Crippen MR) is 53.3 cm³/mol. The van der Waals surface area contributed by atoms with Crippen LogP contribution in [0.2, 0.25) is 0 Å². The standard InChI is InChI=1S/C8H10BrNOS/c1-8(10-4-5-11-8)6-2-3-7(9)12-6/h2-3,10H,4-5H2,1H3. The van der Waals surface area contributed by atoms with Crippen LogP contribution in [0.3, 0.4) is 0 Å². The summed E-state index contributed by atoms with van der Waals surface area (Å²) in [6.45, 7) is 3.80. The topological polar surface area (TPSA) is 21.3 Å². The van der Waals surface area contributed by atoms with Gasteiger partial charge in [-0.2, -0.15) is 0 Å². The second-order valence-corrected chi connectivity index (χ2v) is 5.38. The van der Waals surface area contributed by atoms with Crippen LogP contribution in [0.1, 0.15) is 11.8 Å². The van der Waals surface area contributed by atoms with Gasteiger partial charge in [-0.25, -0.2) is 0 Å². The van der Waals surface area contributed by atoms with Crippen LogP contribution in [0.15, 0.2) is 15.9 Å². The zero-order valence-corrected chi connectivity index (χ0v) is 9.17. The van der Waals surface area contributed by atoms with Gasteiger partial charge in [0.2, 0.25) is 0 Å². The first-order valence-electron chi connectivity index (χ1n) is 3.85. The molecule has 1 unspecified atom stereocenters. The molecule has 0 saturated carbocycles. The summed E-state index contributed by atoms with van der Waals surface area (Å²) in [6.07, 6.45) is 0. The number of rotatable bonds is 1. The molecule has 66 valence electrons. The van der Waals surface area contributed by atoms with E-state index in [1.807, 2.05) is 0 Å². The largest absolute Gasteiger partial charge is 0.354 e. The summed E-state index contributed by atoms with van der Waals surface area (Å²) in [6, 6.07) is 4.14. The molecule has 0 spiro atoms. The number of halogens is 1. The molecule has 4 heteroatoms. The maximum Gasteiger partial charge on any atom is 0.151 e. The number of hydrogen-bond donors (Lipinski definition) is 1. The normalized spacial score (nSPS) is 29.5. The van der Waals surface area contributed by atoms with E-state index in [1.165, 1.54) is 4.88 Å². The maximum atomic E-state index is 5.62. The van der Waals surface area contributed by atoms with Crippen molar-refractivity contribution in [3.63, 3.8) is 0 Å². The monoisotopic (exact) mass is 247 g/mol. The summed E-state index contributed by atoms with van der Waals surface area (Å²) in [5, 5.41) is 3.33. The van der Waals surface area contributed by atoms with Crippen LogP contribution in [-0.4, -0.2) is 13.2 Å². The molecule has 2 rings (SSSR count). The van der Waals surface area contributed by atoms with E-state index in [9.17, 15) is 0 Å². The average molecular weight is 248 g/mol. The molecule has 1 aromatic heterocycles. The number of ether oxygens (including phenoxy) is 1. The van der Waals surface area contributed by atoms with Gasteiger partial charge in [0, 0.05) is 6.54 Å². The lowest BCUT2D eigenvalue weighted by atomic mass is 10.2. The predicted octanol–water partition coefficient (Wildman–Crippen LogP) is 2.30. The molecule has 1 fully saturated rings. The van der Waals surface area contributed by atoms with E-state index in [4.69, 9.17) is 4.74 Å². The van der Waals surface area contributed by atoms with Crippen LogP contribution in [0.5, 0.6) is 0 Å². The van der Waals surface area contributed by atoms with Gasteiger partial charge in [0.25, 0.3) is 0 Å². The van der Waals surface area contributed by atoms with E-state index in [2.05, 4.69) is 40.3 Å². The molecular formula is C8H10BrNOS. The Morgan fingerprint density at radius 3 is 3.00 bits per heavy atom. The van der Waals surface area contributed by atoms with Gasteiger partial charge in [-0.3, -0.25) is 5.32 Å². The van der Waals surface area contributed by atoms with Gasteiger partial charge in [0.05, 0.1) is 15.3 Å². The fraction of sp³-hybridized carbons (Fsp3) is 0.500. The molecule has 0 bridgehead atoms. The van der Waals surface area contributed by atoms with E-state index >= 15 is 0 Å². The van der Waals surface area contributed by atoms with Crippen LogP contribution in [-0.2, 0) is 10.5 Å². The summed E-state index contributed by atoms with van der Waals surface area (Å²) >= 11 is 5.15. The van der Waals surface area contributed by atoms with E-state index in [0.29, 0.717) is 0 Å². The first-order valence-corrected chi connectivity index (χ1v) is 5.46. The Labute approximate surface area is 84.1 Å². The van der Waals surface area contributed by atoms with Crippen LogP contribution in [0.4, 0.5) is 0 Å². The first-order chi connectivity index (χ1) is 5.71. The Hall–Kier alpha value is 0.1000. The minimum Gasteiger partial charge on any atom is -0.354 e. The highest BCUT2D eigenvalue weighted by Gasteiger charge is 2.32. The van der Waals surface area contributed by atoms with Crippen molar-refractivity contribution in [2.24, 2.45) is 0 Å². The van der Waals surface area contributed by atoms with Crippen molar-refractivity contribution < 1.29 is 4.74 Å². The van der Waals surface area contributed by atoms with Crippen molar-refractivity contribution in [1.29, 1.82) is 0 Å². The van der Waals surface area contributed by atoms with Crippen LogP contribution >= 0.6 is 27.3 Å². The van der Waals surface area contributed by atoms with Crippen LogP contribution in [0, 0.1) is 0 Å². The summed E-state index contributed by atoms with van der Waals surface area (Å²) in [5.41, 5.74) is -0.253. The van der Waals surface area contributed by atoms with Gasteiger partial charge < -0.3 is 4.74 Å². The molecule has 0 aromatic carbocycles. The summed E-state index contributed by atoms with van der Waals surface area (Å²) in [4.78, 5) is 1.23. The fourth-order valence-electron chi connectivity index (χ4n) is 1.32. The molecular weight excluding hydrogens is 238 g/mol. The maximum absolute atomic E-state index is 5.62. The molecule has 1 atom stereocenters. The van der Waals surface area contributed by atoms with Crippen molar-refractivity contribution in [2.75, 3.05) is 13.2 Å². The van der Waals surface area contributed by atoms with Crippen molar-refractivity contribution in [1.82, 2.24) is 5.32 Å². The minimum absolute atomic E-state index is 0.253. The lowest BCUT2D eigenvalue weighted by Crippen LogP contribution is -2.33. The Balaban J connectivity index is 2.28. The number of thiophene rings is 1. The summed E-state index contributed by atoms with van der Waals surface area (Å²) in [7, 11) is 0. The molecule has 1 saturated heterocycles. The smallest absolute Gasteiger partial charge is 0.151 e. The Morgan fingerprint density at radius 1 is 1.67 bits per heavy atom. The number of nitrogens with one attached hydrogen (secondary N) is 1. The highest BCUT2D eigenvalue weighted by atomic mass is 79.9. The molecule has 1 aromatic rings. The van der Waals surface area contributed by atoms with Crippen molar-refractivity contribution in [2.45, 2.75) is 12.6 Å². The minimum atomic E-state index is -0.253. The average Bonchev–Trinajstić information content (AvgIpc) is 2.59. The van der Waals surface area contributed by atoms with Gasteiger partial charge in [-0.05, 0) is 35.0 Å². The molecule has 1 aliphatic heterocycles. The zero-order valence-electron chi connectivity index (χ0n) is 6.76. The molecule has 0 aliphatic carbocycles. The molecule has 2 nitrogen and oxygen atoms in total. The van der Waals surface area contributed by atoms with E-state index in [0.717, 1.165) is 16.9 Å². The highest BCUT2D eigenvalue weighted by molar-refractivity contribution is 9.11. The molecule has 0 amide bonds. The Morgan fingerprint density at radius 2 is 2.50 bits per heavy atom. The molecule has 1 aliphatic rings. The number of hydrogen-bond acceptors (Lipinski definition) is 3. The Kier molecular flexibility index (Phi) is 2.25. The molecule has 12 heavy (non-hydrogen) atoms. The second-order valence-electron chi connectivity index (χ2n) is 2.91. The van der Waals surface area contributed by atoms with Crippen LogP contribution < -0.4 is 5.32 Å². The van der Waals surface area contributed by atoms with Gasteiger partial charge in [0.1, 0.15) is 0 Å². The summed E-state index contributed by atoms with van der Waals surface area (Å²) in [5.74, 6) is 0. The van der Waals surface area contributed by atoms with E-state index in [-0.39, 0.29) is 5.72 Å². The van der Waals surface area contributed by atoms with Gasteiger partial charge >= 0.3 is 0 Å². The lowest BCUT2D eigenvalue weighted by molar-refractivity contribution is 0.00562. The second kappa shape index (κ2) is 3.10. The first kappa shape index (κ1) is 8.69. The lowest BCUT2D eigenvalue weighted by Gasteiger charge is -2.21. The molecule has 1 N–H and O–H groups in total. The Bertz CT molecular complexity index is 280. The quantitative estimate of drug-likeness (QED) is 0.823. The summed E-state index contributed by atoms with van der Waals surface area (Å²) < 4.78 is 6.77. The zero-order chi connectivity index (χ0) is 8.60. The highest BCUT2D eigenvalue weighted by Crippen LogP contribution is 2.33. The third-order valence-corrected chi connectivity index (χ3v) is 3.83. The fourth-order valence-corrected chi connectivity index (χ4v) is 2.79. The van der Waals surface area contributed by atoms with Crippen molar-refractivity contribution in [3.8, 4) is 0 Å². The van der Waals surface area contributed by atoms with Crippen molar-refractivity contribution in [3.05, 3.63) is 20.8 Å². The van der Waals surface area contributed by atoms with E-state index < -0.39 is 0 Å². The SMILES string of the molecule is CC1(c2ccc(Br)s2)NCCO1. The van der Waals surface area contributed by atoms with Crippen molar-refractivity contribution >= 4 is 27.3 Å². The van der Waals surface area contributed by atoms with Gasteiger partial charge in [0.15, 0.2) is 5.72 Å². The third kappa shape index (κ3) is 1.44.